The van der Waals surface area contributed by atoms with Gasteiger partial charge in [-0.1, -0.05) is 22.9 Å². The van der Waals surface area contributed by atoms with E-state index < -0.39 is 11.8 Å². The maximum Gasteiger partial charge on any atom is 0.270 e. The summed E-state index contributed by atoms with van der Waals surface area (Å²) in [6.45, 7) is 13.3. The standard InChI is InChI=1S/C27H30BrN3O2S/c1-15(2)31-23-11-16(3)18(12-21(23)17(4)14-27(31,5)6)13-22-24(32)29-26(34)30(25(22)33)20-9-7-19(28)8-10-20/h7-13,15,17H,14H2,1-6H3,(H,29,32,34)/b22-13+. The zero-order valence-corrected chi connectivity index (χ0v) is 22.8. The predicted octanol–water partition coefficient (Wildman–Crippen LogP) is 6.09. The molecule has 2 aliphatic heterocycles. The van der Waals surface area contributed by atoms with Crippen molar-refractivity contribution in [2.75, 3.05) is 9.80 Å². The quantitative estimate of drug-likeness (QED) is 0.291. The number of carbonyl (C=O) groups is 2. The molecule has 5 nitrogen and oxygen atoms in total. The zero-order valence-electron chi connectivity index (χ0n) is 20.4. The number of fused-ring (bicyclic) bond motifs is 1. The molecule has 2 aromatic rings. The van der Waals surface area contributed by atoms with Gasteiger partial charge < -0.3 is 4.90 Å². The SMILES string of the molecule is Cc1cc2c(cc1/C=C1\C(=O)NC(=S)N(c3ccc(Br)cc3)C1=O)C(C)CC(C)(C)N2C(C)C. The molecule has 2 aromatic carbocycles. The third-order valence-electron chi connectivity index (χ3n) is 6.67. The smallest absolute Gasteiger partial charge is 0.270 e. The van der Waals surface area contributed by atoms with Gasteiger partial charge in [0.15, 0.2) is 5.11 Å². The van der Waals surface area contributed by atoms with E-state index in [2.05, 4.69) is 72.9 Å². The number of anilines is 2. The van der Waals surface area contributed by atoms with Crippen LogP contribution in [-0.2, 0) is 9.59 Å². The van der Waals surface area contributed by atoms with Crippen LogP contribution in [0.1, 0.15) is 63.6 Å². The summed E-state index contributed by atoms with van der Waals surface area (Å²) < 4.78 is 0.892. The Balaban J connectivity index is 1.78. The lowest BCUT2D eigenvalue weighted by Crippen LogP contribution is -2.54. The van der Waals surface area contributed by atoms with Gasteiger partial charge in [0, 0.05) is 21.7 Å². The van der Waals surface area contributed by atoms with Crippen molar-refractivity contribution < 1.29 is 9.59 Å². The van der Waals surface area contributed by atoms with Crippen molar-refractivity contribution in [3.63, 3.8) is 0 Å². The van der Waals surface area contributed by atoms with Crippen LogP contribution in [0.15, 0.2) is 46.4 Å². The molecule has 0 aromatic heterocycles. The molecule has 1 unspecified atom stereocenters. The lowest BCUT2D eigenvalue weighted by atomic mass is 9.78. The molecule has 7 heteroatoms. The van der Waals surface area contributed by atoms with Gasteiger partial charge in [-0.2, -0.15) is 0 Å². The minimum Gasteiger partial charge on any atom is -0.364 e. The van der Waals surface area contributed by atoms with Crippen molar-refractivity contribution in [2.45, 2.75) is 65.5 Å². The number of benzene rings is 2. The molecule has 2 aliphatic rings. The first-order valence-electron chi connectivity index (χ1n) is 11.5. The van der Waals surface area contributed by atoms with Crippen LogP contribution in [0.2, 0.25) is 0 Å². The van der Waals surface area contributed by atoms with E-state index in [1.54, 1.807) is 18.2 Å². The molecule has 1 saturated heterocycles. The fraction of sp³-hybridized carbons (Fsp3) is 0.370. The molecule has 0 saturated carbocycles. The van der Waals surface area contributed by atoms with Crippen molar-refractivity contribution in [3.05, 3.63) is 63.1 Å². The maximum atomic E-state index is 13.4. The summed E-state index contributed by atoms with van der Waals surface area (Å²) in [5.41, 5.74) is 5.10. The van der Waals surface area contributed by atoms with E-state index in [-0.39, 0.29) is 16.2 Å². The first-order chi connectivity index (χ1) is 15.9. The number of thiocarbonyl (C=S) groups is 1. The van der Waals surface area contributed by atoms with E-state index >= 15 is 0 Å². The van der Waals surface area contributed by atoms with Crippen LogP contribution in [0.3, 0.4) is 0 Å². The number of rotatable bonds is 3. The Morgan fingerprint density at radius 2 is 1.82 bits per heavy atom. The van der Waals surface area contributed by atoms with Gasteiger partial charge >= 0.3 is 0 Å². The van der Waals surface area contributed by atoms with Crippen LogP contribution in [0.5, 0.6) is 0 Å². The largest absolute Gasteiger partial charge is 0.364 e. The van der Waals surface area contributed by atoms with Gasteiger partial charge in [0.2, 0.25) is 0 Å². The lowest BCUT2D eigenvalue weighted by Gasteiger charge is -2.50. The van der Waals surface area contributed by atoms with Crippen molar-refractivity contribution in [3.8, 4) is 0 Å². The van der Waals surface area contributed by atoms with Crippen LogP contribution >= 0.6 is 28.1 Å². The molecule has 1 N–H and O–H groups in total. The number of amides is 2. The highest BCUT2D eigenvalue weighted by Crippen LogP contribution is 2.45. The summed E-state index contributed by atoms with van der Waals surface area (Å²) >= 11 is 8.73. The number of carbonyl (C=O) groups excluding carboxylic acids is 2. The Hall–Kier alpha value is -2.51. The first-order valence-corrected chi connectivity index (χ1v) is 12.7. The molecule has 2 amide bonds. The molecular weight excluding hydrogens is 510 g/mol. The fourth-order valence-corrected chi connectivity index (χ4v) is 5.93. The number of nitrogens with one attached hydrogen (secondary N) is 1. The third-order valence-corrected chi connectivity index (χ3v) is 7.48. The van der Waals surface area contributed by atoms with Crippen LogP contribution in [0.4, 0.5) is 11.4 Å². The molecule has 34 heavy (non-hydrogen) atoms. The molecule has 0 spiro atoms. The van der Waals surface area contributed by atoms with E-state index in [1.807, 2.05) is 19.1 Å². The average molecular weight is 541 g/mol. The van der Waals surface area contributed by atoms with Crippen LogP contribution in [-0.4, -0.2) is 28.5 Å². The monoisotopic (exact) mass is 539 g/mol. The number of hydrogen-bond acceptors (Lipinski definition) is 4. The second-order valence-electron chi connectivity index (χ2n) is 10.1. The number of halogens is 1. The minimum atomic E-state index is -0.474. The molecule has 1 fully saturated rings. The normalized spacial score (nSPS) is 21.2. The summed E-state index contributed by atoms with van der Waals surface area (Å²) in [6, 6.07) is 11.9. The van der Waals surface area contributed by atoms with Crippen LogP contribution < -0.4 is 15.1 Å². The second-order valence-corrected chi connectivity index (χ2v) is 11.4. The average Bonchev–Trinajstić information content (AvgIpc) is 2.72. The molecule has 4 rings (SSSR count). The maximum absolute atomic E-state index is 13.4. The number of hydrogen-bond donors (Lipinski definition) is 1. The molecule has 0 bridgehead atoms. The Morgan fingerprint density at radius 3 is 2.44 bits per heavy atom. The zero-order chi connectivity index (χ0) is 24.9. The summed E-state index contributed by atoms with van der Waals surface area (Å²) in [6.07, 6.45) is 2.73. The molecule has 1 atom stereocenters. The van der Waals surface area contributed by atoms with E-state index in [4.69, 9.17) is 12.2 Å². The summed E-state index contributed by atoms with van der Waals surface area (Å²) in [7, 11) is 0. The van der Waals surface area contributed by atoms with Crippen molar-refractivity contribution >= 4 is 62.5 Å². The molecule has 0 radical (unpaired) electrons. The van der Waals surface area contributed by atoms with Crippen LogP contribution in [0, 0.1) is 6.92 Å². The number of aryl methyl sites for hydroxylation is 1. The molecular formula is C27H30BrN3O2S. The van der Waals surface area contributed by atoms with E-state index in [0.717, 1.165) is 22.0 Å². The van der Waals surface area contributed by atoms with Crippen molar-refractivity contribution in [2.24, 2.45) is 0 Å². The Kier molecular flexibility index (Phi) is 6.46. The molecule has 178 valence electrons. The predicted molar refractivity (Wildman–Crippen MR) is 146 cm³/mol. The highest BCUT2D eigenvalue weighted by atomic mass is 79.9. The summed E-state index contributed by atoms with van der Waals surface area (Å²) in [5.74, 6) is -0.537. The summed E-state index contributed by atoms with van der Waals surface area (Å²) in [5, 5.41) is 2.76. The first kappa shape index (κ1) is 24.6. The summed E-state index contributed by atoms with van der Waals surface area (Å²) in [4.78, 5) is 30.1. The van der Waals surface area contributed by atoms with E-state index in [1.165, 1.54) is 16.2 Å². The highest BCUT2D eigenvalue weighted by molar-refractivity contribution is 9.10. The number of nitrogens with zero attached hydrogens (tertiary/aromatic N) is 2. The van der Waals surface area contributed by atoms with E-state index in [9.17, 15) is 9.59 Å². The van der Waals surface area contributed by atoms with Gasteiger partial charge in [-0.05, 0) is 118 Å². The van der Waals surface area contributed by atoms with Crippen LogP contribution in [0.25, 0.3) is 6.08 Å². The molecule has 0 aliphatic carbocycles. The van der Waals surface area contributed by atoms with Gasteiger partial charge in [0.1, 0.15) is 5.57 Å². The topological polar surface area (TPSA) is 52.7 Å². The second kappa shape index (κ2) is 8.93. The van der Waals surface area contributed by atoms with Gasteiger partial charge in [-0.15, -0.1) is 0 Å². The Bertz CT molecular complexity index is 1220. The Morgan fingerprint density at radius 1 is 1.18 bits per heavy atom. The van der Waals surface area contributed by atoms with Crippen molar-refractivity contribution in [1.29, 1.82) is 0 Å². The molecule has 2 heterocycles. The Labute approximate surface area is 215 Å². The minimum absolute atomic E-state index is 0.0487. The van der Waals surface area contributed by atoms with Crippen molar-refractivity contribution in [1.82, 2.24) is 5.32 Å². The third kappa shape index (κ3) is 4.31. The fourth-order valence-electron chi connectivity index (χ4n) is 5.38. The van der Waals surface area contributed by atoms with E-state index in [0.29, 0.717) is 17.6 Å². The van der Waals surface area contributed by atoms with Gasteiger partial charge in [-0.25, -0.2) is 0 Å². The van der Waals surface area contributed by atoms with Gasteiger partial charge in [0.25, 0.3) is 11.8 Å². The highest BCUT2D eigenvalue weighted by Gasteiger charge is 2.38. The van der Waals surface area contributed by atoms with Gasteiger partial charge in [-0.3, -0.25) is 19.8 Å². The van der Waals surface area contributed by atoms with Gasteiger partial charge in [0.05, 0.1) is 5.69 Å². The lowest BCUT2D eigenvalue weighted by molar-refractivity contribution is -0.122.